The molecule has 0 radical (unpaired) electrons. The molecule has 19 heteroatoms. The van der Waals surface area contributed by atoms with Gasteiger partial charge in [0.2, 0.25) is 0 Å². The quantitative estimate of drug-likeness (QED) is 0.193. The van der Waals surface area contributed by atoms with Gasteiger partial charge in [0.1, 0.15) is 18.9 Å². The Morgan fingerprint density at radius 1 is 1.19 bits per heavy atom. The fraction of sp³-hybridized carbons (Fsp3) is 0.538. The van der Waals surface area contributed by atoms with Crippen molar-refractivity contribution < 1.29 is 55.9 Å². The fourth-order valence-corrected chi connectivity index (χ4v) is 5.87. The van der Waals surface area contributed by atoms with Gasteiger partial charge in [0.05, 0.1) is 12.7 Å². The van der Waals surface area contributed by atoms with Crippen molar-refractivity contribution in [2.75, 3.05) is 13.2 Å². The minimum absolute atomic E-state index is 0.169. The number of terminal acetylenes is 1. The molecule has 180 valence electrons. The van der Waals surface area contributed by atoms with Crippen molar-refractivity contribution in [3.63, 3.8) is 0 Å². The van der Waals surface area contributed by atoms with Gasteiger partial charge in [-0.15, -0.1) is 6.42 Å². The van der Waals surface area contributed by atoms with Crippen molar-refractivity contribution in [2.24, 2.45) is 0 Å². The lowest BCUT2D eigenvalue weighted by atomic mass is 10.2. The summed E-state index contributed by atoms with van der Waals surface area (Å²) in [5.41, 5.74) is -1.26. The van der Waals surface area contributed by atoms with Crippen molar-refractivity contribution in [2.45, 2.75) is 31.8 Å². The molecule has 2 heterocycles. The lowest BCUT2D eigenvalue weighted by Gasteiger charge is -2.20. The maximum atomic E-state index is 11.9. The molecule has 0 saturated carbocycles. The molecular formula is C13H19N2O14P3. The Labute approximate surface area is 179 Å². The molecule has 32 heavy (non-hydrogen) atoms. The van der Waals surface area contributed by atoms with E-state index in [1.54, 1.807) is 5.92 Å². The van der Waals surface area contributed by atoms with E-state index in [4.69, 9.17) is 11.2 Å². The van der Waals surface area contributed by atoms with Gasteiger partial charge >= 0.3 is 29.2 Å². The van der Waals surface area contributed by atoms with E-state index >= 15 is 0 Å². The number of aryl methyl sites for hydroxylation is 1. The number of hydrogen-bond donors (Lipinski definition) is 5. The summed E-state index contributed by atoms with van der Waals surface area (Å²) in [6.45, 7) is -0.220. The molecule has 3 unspecified atom stereocenters. The van der Waals surface area contributed by atoms with Gasteiger partial charge in [-0.25, -0.2) is 18.5 Å². The second-order valence-electron chi connectivity index (χ2n) is 6.25. The Balaban J connectivity index is 1.99. The molecular weight excluding hydrogens is 501 g/mol. The van der Waals surface area contributed by atoms with Gasteiger partial charge in [-0.3, -0.25) is 23.4 Å². The zero-order valence-electron chi connectivity index (χ0n) is 16.2. The van der Waals surface area contributed by atoms with E-state index in [1.165, 1.54) is 13.1 Å². The number of rotatable bonds is 10. The fourth-order valence-electron chi connectivity index (χ4n) is 2.45. The van der Waals surface area contributed by atoms with Gasteiger partial charge in [-0.1, -0.05) is 5.92 Å². The summed E-state index contributed by atoms with van der Waals surface area (Å²) in [6.07, 6.45) is 2.12. The Morgan fingerprint density at radius 3 is 2.38 bits per heavy atom. The van der Waals surface area contributed by atoms with Gasteiger partial charge in [0.15, 0.2) is 0 Å². The van der Waals surface area contributed by atoms with Crippen molar-refractivity contribution in [1.29, 1.82) is 0 Å². The van der Waals surface area contributed by atoms with Crippen LogP contribution < -0.4 is 11.2 Å². The molecule has 1 saturated heterocycles. The van der Waals surface area contributed by atoms with Crippen molar-refractivity contribution in [1.82, 2.24) is 9.55 Å². The smallest absolute Gasteiger partial charge is 0.390 e. The number of phosphoric ester groups is 2. The molecule has 2 rings (SSSR count). The molecule has 0 bridgehead atoms. The summed E-state index contributed by atoms with van der Waals surface area (Å²) in [7, 11) is -16.3. The van der Waals surface area contributed by atoms with Crippen molar-refractivity contribution in [3.05, 3.63) is 32.6 Å². The zero-order valence-corrected chi connectivity index (χ0v) is 18.9. The summed E-state index contributed by atoms with van der Waals surface area (Å²) < 4.78 is 57.6. The highest BCUT2D eigenvalue weighted by Gasteiger charge is 2.43. The van der Waals surface area contributed by atoms with Crippen LogP contribution in [0, 0.1) is 19.3 Å². The number of nitrogens with zero attached hydrogens (tertiary/aromatic N) is 1. The van der Waals surface area contributed by atoms with E-state index in [9.17, 15) is 43.1 Å². The van der Waals surface area contributed by atoms with Crippen LogP contribution in [0.5, 0.6) is 0 Å². The Hall–Kier alpha value is -1.43. The van der Waals surface area contributed by atoms with Crippen LogP contribution in [0.2, 0.25) is 0 Å². The van der Waals surface area contributed by atoms with Crippen LogP contribution >= 0.6 is 23.5 Å². The second-order valence-corrected chi connectivity index (χ2v) is 10.9. The minimum Gasteiger partial charge on any atom is -0.390 e. The first kappa shape index (κ1) is 26.8. The molecule has 0 spiro atoms. The lowest BCUT2D eigenvalue weighted by molar-refractivity contribution is -0.0450. The Morgan fingerprint density at radius 2 is 1.78 bits per heavy atom. The second kappa shape index (κ2) is 10.2. The topological polar surface area (TPSA) is 233 Å². The number of aromatic amines is 1. The van der Waals surface area contributed by atoms with E-state index in [0.29, 0.717) is 0 Å². The van der Waals surface area contributed by atoms with E-state index in [1.807, 2.05) is 4.98 Å². The molecule has 0 aromatic carbocycles. The van der Waals surface area contributed by atoms with Crippen molar-refractivity contribution in [3.8, 4) is 12.3 Å². The average Bonchev–Trinajstić information content (AvgIpc) is 3.00. The zero-order chi connectivity index (χ0) is 24.3. The van der Waals surface area contributed by atoms with Crippen LogP contribution in [0.1, 0.15) is 18.2 Å². The standard InChI is InChI=1S/C13H19N2O14P3/c1-3-4-25-30(19,20)28-32(23,24)29-31(21,22)26-7-10-9(16)5-11(27-10)15-6-8(2)12(17)14-13(15)18/h1,6,9-11,16H,4-5,7H2,2H3,(H,19,20)(H,21,22)(H,23,24)(H,14,17,18)/t9-,10+,11+/m0/s1. The summed E-state index contributed by atoms with van der Waals surface area (Å²) in [5, 5.41) is 10.1. The molecule has 1 aromatic heterocycles. The first-order chi connectivity index (χ1) is 14.6. The highest BCUT2D eigenvalue weighted by atomic mass is 31.3. The molecule has 0 aliphatic carbocycles. The molecule has 5 N–H and O–H groups in total. The van der Waals surface area contributed by atoms with Gasteiger partial charge in [0, 0.05) is 18.2 Å². The molecule has 1 aromatic rings. The Bertz CT molecular complexity index is 1140. The third kappa shape index (κ3) is 7.57. The predicted octanol–water partition coefficient (Wildman–Crippen LogP) is -0.506. The van der Waals surface area contributed by atoms with Crippen molar-refractivity contribution >= 4 is 23.5 Å². The minimum atomic E-state index is -5.66. The first-order valence-electron chi connectivity index (χ1n) is 8.44. The van der Waals surface area contributed by atoms with Crippen LogP contribution in [-0.2, 0) is 36.1 Å². The van der Waals surface area contributed by atoms with E-state index in [-0.39, 0.29) is 12.0 Å². The number of ether oxygens (including phenoxy) is 1. The van der Waals surface area contributed by atoms with Crippen LogP contribution in [0.4, 0.5) is 0 Å². The third-order valence-electron chi connectivity index (χ3n) is 3.79. The summed E-state index contributed by atoms with van der Waals surface area (Å²) in [6, 6.07) is 0. The number of H-pyrrole nitrogens is 1. The van der Waals surface area contributed by atoms with E-state index in [2.05, 4.69) is 17.7 Å². The molecule has 1 aliphatic heterocycles. The number of aliphatic hydroxyl groups is 1. The predicted molar refractivity (Wildman–Crippen MR) is 103 cm³/mol. The molecule has 1 fully saturated rings. The number of hydrogen-bond acceptors (Lipinski definition) is 11. The average molecular weight is 520 g/mol. The molecule has 0 amide bonds. The maximum absolute atomic E-state index is 11.9. The highest BCUT2D eigenvalue weighted by molar-refractivity contribution is 7.66. The molecule has 1 aliphatic rings. The number of aliphatic hydroxyl groups excluding tert-OH is 1. The van der Waals surface area contributed by atoms with Gasteiger partial charge in [-0.2, -0.15) is 8.62 Å². The van der Waals surface area contributed by atoms with Crippen LogP contribution in [0.25, 0.3) is 0 Å². The third-order valence-corrected chi connectivity index (χ3v) is 8.02. The Kier molecular flexibility index (Phi) is 8.58. The normalized spacial score (nSPS) is 26.6. The van der Waals surface area contributed by atoms with E-state index < -0.39 is 66.4 Å². The molecule has 16 nitrogen and oxygen atoms in total. The number of nitrogens with one attached hydrogen (secondary N) is 1. The van der Waals surface area contributed by atoms with Gasteiger partial charge < -0.3 is 24.5 Å². The number of phosphoric acid groups is 3. The lowest BCUT2D eigenvalue weighted by Crippen LogP contribution is -2.33. The molecule has 6 atom stereocenters. The first-order valence-corrected chi connectivity index (χ1v) is 12.9. The van der Waals surface area contributed by atoms with Gasteiger partial charge in [-0.05, 0) is 6.92 Å². The van der Waals surface area contributed by atoms with E-state index in [0.717, 1.165) is 4.57 Å². The number of aromatic nitrogens is 2. The summed E-state index contributed by atoms with van der Waals surface area (Å²) >= 11 is 0. The van der Waals surface area contributed by atoms with Crippen LogP contribution in [0.15, 0.2) is 15.8 Å². The van der Waals surface area contributed by atoms with Gasteiger partial charge in [0.25, 0.3) is 5.56 Å². The maximum Gasteiger partial charge on any atom is 0.490 e. The largest absolute Gasteiger partial charge is 0.490 e. The van der Waals surface area contributed by atoms with Crippen LogP contribution in [-0.4, -0.2) is 54.8 Å². The highest BCUT2D eigenvalue weighted by Crippen LogP contribution is 2.67. The SMILES string of the molecule is C#CCOP(=O)(O)OP(=O)(O)OP(=O)(O)OC[C@H]1O[C@@H](n2cc(C)c(=O)[nH]c2=O)C[C@@H]1O. The summed E-state index contributed by atoms with van der Waals surface area (Å²) in [4.78, 5) is 53.6. The van der Waals surface area contributed by atoms with Crippen LogP contribution in [0.3, 0.4) is 0 Å². The monoisotopic (exact) mass is 520 g/mol. The summed E-state index contributed by atoms with van der Waals surface area (Å²) in [5.74, 6) is 1.79.